The van der Waals surface area contributed by atoms with Gasteiger partial charge in [-0.25, -0.2) is 0 Å². The Kier molecular flexibility index (Phi) is 2.36. The predicted octanol–water partition coefficient (Wildman–Crippen LogP) is 1.99. The summed E-state index contributed by atoms with van der Waals surface area (Å²) in [7, 11) is 0. The van der Waals surface area contributed by atoms with E-state index in [2.05, 4.69) is 20.9 Å². The van der Waals surface area contributed by atoms with Gasteiger partial charge in [0.15, 0.2) is 0 Å². The molecule has 0 spiro atoms. The summed E-state index contributed by atoms with van der Waals surface area (Å²) >= 11 is 3.20. The SMILES string of the molecule is O=C1c2cc(Br)ccc2N=CC1[N+](=O)[O-]. The zero-order chi connectivity index (χ0) is 11.0. The van der Waals surface area contributed by atoms with Crippen LogP contribution in [0.15, 0.2) is 27.7 Å². The molecule has 76 valence electrons. The molecule has 6 heteroatoms. The maximum absolute atomic E-state index is 11.7. The van der Waals surface area contributed by atoms with Crippen LogP contribution in [0.1, 0.15) is 10.4 Å². The zero-order valence-corrected chi connectivity index (χ0v) is 8.97. The number of aliphatic imine (C=N–C) groups is 1. The van der Waals surface area contributed by atoms with Crippen molar-refractivity contribution < 1.29 is 9.72 Å². The summed E-state index contributed by atoms with van der Waals surface area (Å²) in [6, 6.07) is 3.57. The third-order valence-electron chi connectivity index (χ3n) is 2.07. The van der Waals surface area contributed by atoms with Crippen LogP contribution in [0.25, 0.3) is 0 Å². The number of benzene rings is 1. The zero-order valence-electron chi connectivity index (χ0n) is 7.38. The van der Waals surface area contributed by atoms with Gasteiger partial charge in [-0.2, -0.15) is 0 Å². The van der Waals surface area contributed by atoms with Crippen LogP contribution in [-0.4, -0.2) is 23.0 Å². The lowest BCUT2D eigenvalue weighted by molar-refractivity contribution is -0.485. The number of nitro groups is 1. The molecule has 0 saturated carbocycles. The van der Waals surface area contributed by atoms with Crippen molar-refractivity contribution in [2.75, 3.05) is 0 Å². The molecule has 0 aromatic heterocycles. The van der Waals surface area contributed by atoms with E-state index in [9.17, 15) is 14.9 Å². The van der Waals surface area contributed by atoms with E-state index in [1.807, 2.05) is 0 Å². The van der Waals surface area contributed by atoms with Crippen LogP contribution in [0, 0.1) is 10.1 Å². The van der Waals surface area contributed by atoms with Crippen molar-refractivity contribution in [3.05, 3.63) is 38.3 Å². The summed E-state index contributed by atoms with van der Waals surface area (Å²) < 4.78 is 0.703. The van der Waals surface area contributed by atoms with Crippen LogP contribution in [-0.2, 0) is 0 Å². The molecule has 0 aliphatic carbocycles. The first-order valence-electron chi connectivity index (χ1n) is 4.11. The normalized spacial score (nSPS) is 18.7. The Morgan fingerprint density at radius 1 is 1.47 bits per heavy atom. The highest BCUT2D eigenvalue weighted by molar-refractivity contribution is 9.10. The molecule has 1 aliphatic heterocycles. The third kappa shape index (κ3) is 1.68. The van der Waals surface area contributed by atoms with Crippen LogP contribution in [0.4, 0.5) is 5.69 Å². The summed E-state index contributed by atoms with van der Waals surface area (Å²) in [4.78, 5) is 25.4. The topological polar surface area (TPSA) is 72.6 Å². The van der Waals surface area contributed by atoms with E-state index >= 15 is 0 Å². The average Bonchev–Trinajstić information content (AvgIpc) is 2.19. The number of Topliss-reactive ketones (excluding diaryl/α,β-unsaturated/α-hetero) is 1. The molecule has 5 nitrogen and oxygen atoms in total. The van der Waals surface area contributed by atoms with Crippen LogP contribution in [0.5, 0.6) is 0 Å². The molecule has 0 bridgehead atoms. The van der Waals surface area contributed by atoms with Gasteiger partial charge in [0.05, 0.1) is 17.5 Å². The number of nitrogens with zero attached hydrogens (tertiary/aromatic N) is 2. The Morgan fingerprint density at radius 3 is 2.87 bits per heavy atom. The van der Waals surface area contributed by atoms with E-state index in [0.717, 1.165) is 6.21 Å². The molecule has 1 atom stereocenters. The van der Waals surface area contributed by atoms with E-state index in [-0.39, 0.29) is 5.56 Å². The van der Waals surface area contributed by atoms with Crippen LogP contribution in [0.2, 0.25) is 0 Å². The minimum absolute atomic E-state index is 0.286. The van der Waals surface area contributed by atoms with Gasteiger partial charge in [0, 0.05) is 9.40 Å². The van der Waals surface area contributed by atoms with Gasteiger partial charge < -0.3 is 0 Å². The van der Waals surface area contributed by atoms with Gasteiger partial charge >= 0.3 is 6.04 Å². The molecule has 1 heterocycles. The summed E-state index contributed by atoms with van der Waals surface area (Å²) in [5, 5.41) is 10.5. The molecule has 0 amide bonds. The van der Waals surface area contributed by atoms with Crippen LogP contribution >= 0.6 is 15.9 Å². The summed E-state index contributed by atoms with van der Waals surface area (Å²) in [6.07, 6.45) is 1.07. The summed E-state index contributed by atoms with van der Waals surface area (Å²) in [5.74, 6) is -0.522. The second-order valence-electron chi connectivity index (χ2n) is 3.03. The van der Waals surface area contributed by atoms with Gasteiger partial charge in [-0.05, 0) is 18.2 Å². The standard InChI is InChI=1S/C9H5BrN2O3/c10-5-1-2-7-6(3-5)9(13)8(4-11-7)12(14)15/h1-4,8H. The maximum Gasteiger partial charge on any atom is 0.309 e. The van der Waals surface area contributed by atoms with Crippen molar-refractivity contribution >= 4 is 33.6 Å². The van der Waals surface area contributed by atoms with E-state index < -0.39 is 16.7 Å². The van der Waals surface area contributed by atoms with Crippen molar-refractivity contribution in [3.63, 3.8) is 0 Å². The lowest BCUT2D eigenvalue weighted by Crippen LogP contribution is -2.33. The fourth-order valence-corrected chi connectivity index (χ4v) is 1.71. The molecule has 2 rings (SSSR count). The Balaban J connectivity index is 2.53. The average molecular weight is 269 g/mol. The number of hydrogen-bond donors (Lipinski definition) is 0. The molecule has 0 N–H and O–H groups in total. The van der Waals surface area contributed by atoms with Crippen LogP contribution in [0.3, 0.4) is 0 Å². The Labute approximate surface area is 93.1 Å². The minimum Gasteiger partial charge on any atom is -0.286 e. The largest absolute Gasteiger partial charge is 0.309 e. The second-order valence-corrected chi connectivity index (χ2v) is 3.95. The first-order chi connectivity index (χ1) is 7.09. The van der Waals surface area contributed by atoms with E-state index in [1.54, 1.807) is 18.2 Å². The second kappa shape index (κ2) is 3.54. The number of hydrogen-bond acceptors (Lipinski definition) is 4. The maximum atomic E-state index is 11.7. The van der Waals surface area contributed by atoms with Crippen molar-refractivity contribution in [1.82, 2.24) is 0 Å². The lowest BCUT2D eigenvalue weighted by atomic mass is 10.0. The lowest BCUT2D eigenvalue weighted by Gasteiger charge is -2.11. The van der Waals surface area contributed by atoms with Crippen molar-refractivity contribution in [2.45, 2.75) is 6.04 Å². The van der Waals surface area contributed by atoms with E-state index in [0.29, 0.717) is 10.2 Å². The Bertz CT molecular complexity index is 484. The highest BCUT2D eigenvalue weighted by atomic mass is 79.9. The summed E-state index contributed by atoms with van der Waals surface area (Å²) in [5.41, 5.74) is 0.759. The first-order valence-corrected chi connectivity index (χ1v) is 4.90. The number of rotatable bonds is 1. The highest BCUT2D eigenvalue weighted by Crippen LogP contribution is 2.27. The summed E-state index contributed by atoms with van der Waals surface area (Å²) in [6.45, 7) is 0. The van der Waals surface area contributed by atoms with Gasteiger partial charge in [0.2, 0.25) is 5.78 Å². The smallest absolute Gasteiger partial charge is 0.286 e. The number of halogens is 1. The molecule has 1 aromatic carbocycles. The molecular weight excluding hydrogens is 264 g/mol. The van der Waals surface area contributed by atoms with Gasteiger partial charge in [-0.15, -0.1) is 0 Å². The van der Waals surface area contributed by atoms with Crippen molar-refractivity contribution in [1.29, 1.82) is 0 Å². The number of fused-ring (bicyclic) bond motifs is 1. The molecule has 1 unspecified atom stereocenters. The van der Waals surface area contributed by atoms with Crippen molar-refractivity contribution in [2.24, 2.45) is 4.99 Å². The van der Waals surface area contributed by atoms with Gasteiger partial charge in [0.25, 0.3) is 0 Å². The van der Waals surface area contributed by atoms with E-state index in [4.69, 9.17) is 0 Å². The molecule has 0 radical (unpaired) electrons. The Hall–Kier alpha value is -1.56. The minimum atomic E-state index is -1.35. The van der Waals surface area contributed by atoms with Gasteiger partial charge in [0.1, 0.15) is 0 Å². The molecule has 1 aromatic rings. The number of carbonyl (C=O) groups excluding carboxylic acids is 1. The number of carbonyl (C=O) groups is 1. The van der Waals surface area contributed by atoms with Gasteiger partial charge in [-0.3, -0.25) is 19.9 Å². The fraction of sp³-hybridized carbons (Fsp3) is 0.111. The molecule has 0 fully saturated rings. The monoisotopic (exact) mass is 268 g/mol. The molecule has 1 aliphatic rings. The number of ketones is 1. The van der Waals surface area contributed by atoms with Crippen LogP contribution < -0.4 is 0 Å². The van der Waals surface area contributed by atoms with E-state index in [1.165, 1.54) is 0 Å². The quantitative estimate of drug-likeness (QED) is 0.578. The van der Waals surface area contributed by atoms with Gasteiger partial charge in [-0.1, -0.05) is 15.9 Å². The molecule has 15 heavy (non-hydrogen) atoms. The third-order valence-corrected chi connectivity index (χ3v) is 2.57. The Morgan fingerprint density at radius 2 is 2.20 bits per heavy atom. The fourth-order valence-electron chi connectivity index (χ4n) is 1.35. The van der Waals surface area contributed by atoms with Crippen molar-refractivity contribution in [3.8, 4) is 0 Å². The molecule has 0 saturated heterocycles. The highest BCUT2D eigenvalue weighted by Gasteiger charge is 2.33. The predicted molar refractivity (Wildman–Crippen MR) is 57.4 cm³/mol. The molecular formula is C9H5BrN2O3. The first kappa shape index (κ1) is 9.97.